The number of nitrogens with zero attached hydrogens (tertiary/aromatic N) is 1. The third-order valence-electron chi connectivity index (χ3n) is 4.34. The number of rotatable bonds is 4. The number of benzene rings is 1. The minimum Gasteiger partial charge on any atom is -0.374 e. The maximum atomic E-state index is 12.2. The summed E-state index contributed by atoms with van der Waals surface area (Å²) < 4.78 is 6.01. The highest BCUT2D eigenvalue weighted by Crippen LogP contribution is 2.24. The van der Waals surface area contributed by atoms with Crippen LogP contribution in [0.5, 0.6) is 0 Å². The molecule has 22 heavy (non-hydrogen) atoms. The molecule has 1 aromatic carbocycles. The zero-order valence-electron chi connectivity index (χ0n) is 12.9. The molecule has 3 rings (SSSR count). The van der Waals surface area contributed by atoms with Crippen LogP contribution in [0.15, 0.2) is 24.3 Å². The van der Waals surface area contributed by atoms with Gasteiger partial charge in [0.1, 0.15) is 6.04 Å². The van der Waals surface area contributed by atoms with Gasteiger partial charge in [-0.3, -0.25) is 9.69 Å². The molecule has 1 amide bonds. The van der Waals surface area contributed by atoms with Crippen LogP contribution in [0, 0.1) is 0 Å². The van der Waals surface area contributed by atoms with E-state index in [9.17, 15) is 4.79 Å². The normalized spacial score (nSPS) is 23.0. The van der Waals surface area contributed by atoms with Gasteiger partial charge in [-0.25, -0.2) is 0 Å². The van der Waals surface area contributed by atoms with Gasteiger partial charge >= 0.3 is 0 Å². The molecule has 2 aliphatic rings. The van der Waals surface area contributed by atoms with Crippen LogP contribution in [0.2, 0.25) is 0 Å². The smallest absolute Gasteiger partial charge is 0.255 e. The first-order valence-corrected chi connectivity index (χ1v) is 8.41. The van der Waals surface area contributed by atoms with E-state index in [1.165, 1.54) is 19.3 Å². The fourth-order valence-corrected chi connectivity index (χ4v) is 3.45. The third kappa shape index (κ3) is 3.31. The van der Waals surface area contributed by atoms with E-state index in [-0.39, 0.29) is 11.9 Å². The molecule has 1 aliphatic heterocycles. The summed E-state index contributed by atoms with van der Waals surface area (Å²) in [7, 11) is 0. The topological polar surface area (TPSA) is 41.6 Å². The van der Waals surface area contributed by atoms with Crippen molar-refractivity contribution in [1.29, 1.82) is 0 Å². The molecule has 4 nitrogen and oxygen atoms in total. The average molecular weight is 318 g/mol. The first-order chi connectivity index (χ1) is 10.6. The fourth-order valence-electron chi connectivity index (χ4n) is 3.08. The van der Waals surface area contributed by atoms with Crippen LogP contribution >= 0.6 is 12.2 Å². The lowest BCUT2D eigenvalue weighted by atomic mass is 9.98. The molecule has 5 heteroatoms. The molecule has 0 unspecified atom stereocenters. The van der Waals surface area contributed by atoms with Crippen molar-refractivity contribution >= 4 is 28.9 Å². The maximum absolute atomic E-state index is 12.2. The quantitative estimate of drug-likeness (QED) is 0.866. The number of thiocarbonyl (C=S) groups is 1. The first kappa shape index (κ1) is 15.4. The second-order valence-electron chi connectivity index (χ2n) is 6.09. The van der Waals surface area contributed by atoms with Gasteiger partial charge in [-0.1, -0.05) is 31.4 Å². The van der Waals surface area contributed by atoms with Gasteiger partial charge in [-0.2, -0.15) is 0 Å². The molecule has 0 spiro atoms. The molecule has 1 aromatic rings. The van der Waals surface area contributed by atoms with Gasteiger partial charge in [0.25, 0.3) is 5.91 Å². The molecule has 0 bridgehead atoms. The summed E-state index contributed by atoms with van der Waals surface area (Å²) in [5.41, 5.74) is 1.90. The van der Waals surface area contributed by atoms with Gasteiger partial charge in [-0.05, 0) is 49.7 Å². The Morgan fingerprint density at radius 3 is 2.77 bits per heavy atom. The summed E-state index contributed by atoms with van der Waals surface area (Å²) >= 11 is 5.25. The van der Waals surface area contributed by atoms with Gasteiger partial charge in [0.2, 0.25) is 0 Å². The number of ether oxygens (including phenoxy) is 1. The Morgan fingerprint density at radius 2 is 2.09 bits per heavy atom. The Bertz CT molecular complexity index is 570. The van der Waals surface area contributed by atoms with Gasteiger partial charge in [0.05, 0.1) is 18.4 Å². The van der Waals surface area contributed by atoms with Crippen LogP contribution in [0.1, 0.15) is 44.6 Å². The van der Waals surface area contributed by atoms with Crippen LogP contribution in [-0.4, -0.2) is 23.2 Å². The van der Waals surface area contributed by atoms with E-state index in [1.54, 1.807) is 4.90 Å². The van der Waals surface area contributed by atoms with E-state index < -0.39 is 0 Å². The van der Waals surface area contributed by atoms with Crippen molar-refractivity contribution in [2.45, 2.75) is 57.8 Å². The van der Waals surface area contributed by atoms with Crippen molar-refractivity contribution in [3.63, 3.8) is 0 Å². The Balaban J connectivity index is 1.67. The third-order valence-corrected chi connectivity index (χ3v) is 4.64. The summed E-state index contributed by atoms with van der Waals surface area (Å²) in [6.45, 7) is 2.42. The van der Waals surface area contributed by atoms with E-state index in [4.69, 9.17) is 17.0 Å². The minimum atomic E-state index is -0.255. The highest BCUT2D eigenvalue weighted by atomic mass is 32.1. The highest BCUT2D eigenvalue weighted by molar-refractivity contribution is 7.80. The summed E-state index contributed by atoms with van der Waals surface area (Å²) in [5.74, 6) is -0.00431. The van der Waals surface area contributed by atoms with E-state index in [2.05, 4.69) is 5.32 Å². The van der Waals surface area contributed by atoms with Crippen LogP contribution in [-0.2, 0) is 16.1 Å². The van der Waals surface area contributed by atoms with Crippen molar-refractivity contribution in [3.05, 3.63) is 29.8 Å². The number of hydrogen-bond acceptors (Lipinski definition) is 3. The van der Waals surface area contributed by atoms with Crippen molar-refractivity contribution in [3.8, 4) is 0 Å². The number of hydrogen-bond donors (Lipinski definition) is 1. The summed E-state index contributed by atoms with van der Waals surface area (Å²) in [6, 6.07) is 7.64. The zero-order chi connectivity index (χ0) is 15.5. The molecule has 1 saturated carbocycles. The minimum absolute atomic E-state index is 0.00431. The average Bonchev–Trinajstić information content (AvgIpc) is 2.79. The molecule has 1 saturated heterocycles. The van der Waals surface area contributed by atoms with Gasteiger partial charge in [-0.15, -0.1) is 0 Å². The first-order valence-electron chi connectivity index (χ1n) is 8.00. The van der Waals surface area contributed by atoms with Crippen molar-refractivity contribution in [2.75, 3.05) is 4.90 Å². The lowest BCUT2D eigenvalue weighted by molar-refractivity contribution is -0.117. The zero-order valence-corrected chi connectivity index (χ0v) is 13.7. The highest BCUT2D eigenvalue weighted by Gasteiger charge is 2.33. The summed E-state index contributed by atoms with van der Waals surface area (Å²) in [4.78, 5) is 13.8. The summed E-state index contributed by atoms with van der Waals surface area (Å²) in [6.07, 6.45) is 6.57. The fraction of sp³-hybridized carbons (Fsp3) is 0.529. The molecule has 1 atom stereocenters. The van der Waals surface area contributed by atoms with E-state index >= 15 is 0 Å². The second kappa shape index (κ2) is 6.75. The lowest BCUT2D eigenvalue weighted by Gasteiger charge is -2.22. The molecule has 0 aromatic heterocycles. The van der Waals surface area contributed by atoms with Gasteiger partial charge in [0, 0.05) is 0 Å². The predicted octanol–water partition coefficient (Wildman–Crippen LogP) is 3.15. The molecular weight excluding hydrogens is 296 g/mol. The molecule has 118 valence electrons. The van der Waals surface area contributed by atoms with E-state index in [0.717, 1.165) is 24.1 Å². The van der Waals surface area contributed by atoms with Crippen molar-refractivity contribution < 1.29 is 9.53 Å². The van der Waals surface area contributed by atoms with Gasteiger partial charge in [0.15, 0.2) is 5.11 Å². The number of amides is 1. The Hall–Kier alpha value is -1.46. The van der Waals surface area contributed by atoms with Gasteiger partial charge < -0.3 is 10.1 Å². The lowest BCUT2D eigenvalue weighted by Crippen LogP contribution is -2.30. The van der Waals surface area contributed by atoms with E-state index in [0.29, 0.717) is 17.8 Å². The maximum Gasteiger partial charge on any atom is 0.255 e. The molecule has 1 heterocycles. The Labute approximate surface area is 136 Å². The number of nitrogens with one attached hydrogen (secondary N) is 1. The standard InChI is InChI=1S/C17H22N2O2S/c1-12-16(20)19(17(22)18-12)14-7-5-6-13(10-14)11-21-15-8-3-2-4-9-15/h5-7,10,12,15H,2-4,8-9,11H2,1H3,(H,18,22)/t12-/m1/s1. The van der Waals surface area contributed by atoms with Crippen LogP contribution < -0.4 is 10.2 Å². The SMILES string of the molecule is C[C@H]1NC(=S)N(c2cccc(COC3CCCCC3)c2)C1=O. The molecule has 0 radical (unpaired) electrons. The van der Waals surface area contributed by atoms with Crippen molar-refractivity contribution in [1.82, 2.24) is 5.32 Å². The number of carbonyl (C=O) groups is 1. The molecule has 1 aliphatic carbocycles. The monoisotopic (exact) mass is 318 g/mol. The van der Waals surface area contributed by atoms with Crippen LogP contribution in [0.4, 0.5) is 5.69 Å². The van der Waals surface area contributed by atoms with Crippen LogP contribution in [0.3, 0.4) is 0 Å². The van der Waals surface area contributed by atoms with Crippen molar-refractivity contribution in [2.24, 2.45) is 0 Å². The van der Waals surface area contributed by atoms with Crippen LogP contribution in [0.25, 0.3) is 0 Å². The molecule has 1 N–H and O–H groups in total. The Morgan fingerprint density at radius 1 is 1.32 bits per heavy atom. The largest absolute Gasteiger partial charge is 0.374 e. The second-order valence-corrected chi connectivity index (χ2v) is 6.47. The summed E-state index contributed by atoms with van der Waals surface area (Å²) in [5, 5.41) is 3.47. The molecular formula is C17H22N2O2S. The Kier molecular flexibility index (Phi) is 4.74. The van der Waals surface area contributed by atoms with E-state index in [1.807, 2.05) is 31.2 Å². The number of carbonyl (C=O) groups excluding carboxylic acids is 1. The predicted molar refractivity (Wildman–Crippen MR) is 90.8 cm³/mol. The number of anilines is 1. The molecule has 2 fully saturated rings.